The molecule has 0 radical (unpaired) electrons. The van der Waals surface area contributed by atoms with Gasteiger partial charge in [0.05, 0.1) is 23.1 Å². The molecule has 0 bridgehead atoms. The van der Waals surface area contributed by atoms with Gasteiger partial charge in [0.25, 0.3) is 5.91 Å². The summed E-state index contributed by atoms with van der Waals surface area (Å²) in [5.41, 5.74) is 1.21. The highest BCUT2D eigenvalue weighted by atomic mass is 35.5. The first kappa shape index (κ1) is 24.2. The van der Waals surface area contributed by atoms with Gasteiger partial charge in [0.2, 0.25) is 0 Å². The van der Waals surface area contributed by atoms with E-state index in [1.165, 1.54) is 23.2 Å². The summed E-state index contributed by atoms with van der Waals surface area (Å²) in [6.45, 7) is 3.65. The van der Waals surface area contributed by atoms with Crippen molar-refractivity contribution >= 4 is 35.2 Å². The normalized spacial score (nSPS) is 13.1. The molecule has 2 aromatic carbocycles. The quantitative estimate of drug-likeness (QED) is 0.154. The standard InChI is InChI=1S/C23H25ClFN3O3/c1-15(2)22(30)13-26-23(31)17(14-29)11-21(16-7-9-18(24)10-8-16)27-28(3)20-6-4-5-19(25)12-20/h4-12,14-15,22,30H,13H2,1-3H3,(H,26,31)/b17-11+,27-21+. The van der Waals surface area contributed by atoms with Gasteiger partial charge in [-0.05, 0) is 42.3 Å². The summed E-state index contributed by atoms with van der Waals surface area (Å²) < 4.78 is 13.6. The number of carbonyl (C=O) groups excluding carboxylic acids is 2. The number of aldehydes is 1. The molecule has 0 spiro atoms. The Hall–Kier alpha value is -3.03. The number of carbonyl (C=O) groups is 2. The number of rotatable bonds is 9. The first-order valence-electron chi connectivity index (χ1n) is 9.68. The number of hydrogen-bond acceptors (Lipinski definition) is 5. The Morgan fingerprint density at radius 1 is 1.26 bits per heavy atom. The van der Waals surface area contributed by atoms with Crippen molar-refractivity contribution < 1.29 is 19.1 Å². The fourth-order valence-corrected chi connectivity index (χ4v) is 2.65. The van der Waals surface area contributed by atoms with Crippen molar-refractivity contribution in [3.63, 3.8) is 0 Å². The molecule has 0 aliphatic heterocycles. The van der Waals surface area contributed by atoms with Crippen molar-refractivity contribution in [1.29, 1.82) is 0 Å². The molecule has 0 aliphatic rings. The van der Waals surface area contributed by atoms with Crippen LogP contribution in [0.25, 0.3) is 0 Å². The van der Waals surface area contributed by atoms with Crippen LogP contribution in [0, 0.1) is 11.7 Å². The number of halogens is 2. The van der Waals surface area contributed by atoms with E-state index < -0.39 is 17.8 Å². The summed E-state index contributed by atoms with van der Waals surface area (Å²) in [5.74, 6) is -1.10. The molecule has 164 valence electrons. The maximum absolute atomic E-state index is 13.6. The summed E-state index contributed by atoms with van der Waals surface area (Å²) in [6, 6.07) is 12.6. The molecule has 6 nitrogen and oxygen atoms in total. The second-order valence-corrected chi connectivity index (χ2v) is 7.67. The van der Waals surface area contributed by atoms with Crippen molar-refractivity contribution in [3.05, 3.63) is 76.6 Å². The lowest BCUT2D eigenvalue weighted by Crippen LogP contribution is -2.36. The summed E-state index contributed by atoms with van der Waals surface area (Å²) in [5, 5.41) is 18.8. The highest BCUT2D eigenvalue weighted by molar-refractivity contribution is 6.30. The second kappa shape index (κ2) is 11.4. The van der Waals surface area contributed by atoms with Gasteiger partial charge in [-0.1, -0.05) is 43.6 Å². The average molecular weight is 446 g/mol. The van der Waals surface area contributed by atoms with Crippen molar-refractivity contribution in [2.24, 2.45) is 11.0 Å². The highest BCUT2D eigenvalue weighted by Crippen LogP contribution is 2.17. The highest BCUT2D eigenvalue weighted by Gasteiger charge is 2.15. The lowest BCUT2D eigenvalue weighted by molar-refractivity contribution is -0.119. The molecule has 8 heteroatoms. The first-order valence-corrected chi connectivity index (χ1v) is 10.1. The van der Waals surface area contributed by atoms with E-state index in [4.69, 9.17) is 11.6 Å². The van der Waals surface area contributed by atoms with Crippen LogP contribution in [0.4, 0.5) is 10.1 Å². The number of nitrogens with one attached hydrogen (secondary N) is 1. The molecule has 31 heavy (non-hydrogen) atoms. The number of hydrazone groups is 1. The Bertz CT molecular complexity index is 974. The van der Waals surface area contributed by atoms with Crippen LogP contribution in [0.1, 0.15) is 19.4 Å². The molecule has 2 rings (SSSR count). The van der Waals surface area contributed by atoms with E-state index in [9.17, 15) is 19.1 Å². The average Bonchev–Trinajstić information content (AvgIpc) is 2.75. The molecule has 2 N–H and O–H groups in total. The third-order valence-corrected chi connectivity index (χ3v) is 4.75. The number of nitrogens with zero attached hydrogens (tertiary/aromatic N) is 2. The third-order valence-electron chi connectivity index (χ3n) is 4.50. The van der Waals surface area contributed by atoms with Gasteiger partial charge in [0.15, 0.2) is 6.29 Å². The lowest BCUT2D eigenvalue weighted by Gasteiger charge is -2.16. The molecule has 0 fully saturated rings. The molecule has 2 aromatic rings. The second-order valence-electron chi connectivity index (χ2n) is 7.23. The smallest absolute Gasteiger partial charge is 0.254 e. The number of hydrogen-bond donors (Lipinski definition) is 2. The van der Waals surface area contributed by atoms with Crippen LogP contribution >= 0.6 is 11.6 Å². The van der Waals surface area contributed by atoms with E-state index in [-0.39, 0.29) is 18.0 Å². The molecule has 0 saturated carbocycles. The van der Waals surface area contributed by atoms with Gasteiger partial charge in [-0.3, -0.25) is 14.6 Å². The van der Waals surface area contributed by atoms with Crippen molar-refractivity contribution in [3.8, 4) is 0 Å². The molecule has 1 unspecified atom stereocenters. The lowest BCUT2D eigenvalue weighted by atomic mass is 10.1. The number of benzene rings is 2. The predicted octanol–water partition coefficient (Wildman–Crippen LogP) is 3.58. The van der Waals surface area contributed by atoms with E-state index in [1.54, 1.807) is 43.4 Å². The summed E-state index contributed by atoms with van der Waals surface area (Å²) in [7, 11) is 1.62. The van der Waals surface area contributed by atoms with Crippen molar-refractivity contribution in [2.45, 2.75) is 20.0 Å². The zero-order valence-corrected chi connectivity index (χ0v) is 18.3. The predicted molar refractivity (Wildman–Crippen MR) is 121 cm³/mol. The number of amides is 1. The molecule has 0 aliphatic carbocycles. The van der Waals surface area contributed by atoms with E-state index in [2.05, 4.69) is 10.4 Å². The van der Waals surface area contributed by atoms with Crippen LogP contribution in [0.3, 0.4) is 0 Å². The zero-order valence-electron chi connectivity index (χ0n) is 17.5. The molecule has 0 saturated heterocycles. The van der Waals surface area contributed by atoms with Gasteiger partial charge in [-0.25, -0.2) is 4.39 Å². The molecule has 1 atom stereocenters. The molecule has 0 aromatic heterocycles. The van der Waals surface area contributed by atoms with Crippen LogP contribution < -0.4 is 10.3 Å². The SMILES string of the molecule is CC(C)C(O)CNC(=O)/C(C=O)=C/C(=N\N(C)c1cccc(F)c1)c1ccc(Cl)cc1. The Morgan fingerprint density at radius 3 is 2.52 bits per heavy atom. The van der Waals surface area contributed by atoms with Crippen LogP contribution in [0.15, 0.2) is 65.3 Å². The van der Waals surface area contributed by atoms with E-state index in [1.807, 2.05) is 13.8 Å². The van der Waals surface area contributed by atoms with Gasteiger partial charge >= 0.3 is 0 Å². The number of aliphatic hydroxyl groups is 1. The topological polar surface area (TPSA) is 82.0 Å². The first-order chi connectivity index (χ1) is 14.7. The Morgan fingerprint density at radius 2 is 1.94 bits per heavy atom. The van der Waals surface area contributed by atoms with Gasteiger partial charge in [0, 0.05) is 24.2 Å². The zero-order chi connectivity index (χ0) is 23.0. The third kappa shape index (κ3) is 7.31. The van der Waals surface area contributed by atoms with Gasteiger partial charge in [-0.2, -0.15) is 5.10 Å². The van der Waals surface area contributed by atoms with Crippen LogP contribution in [-0.2, 0) is 9.59 Å². The summed E-state index contributed by atoms with van der Waals surface area (Å²) >= 11 is 5.96. The van der Waals surface area contributed by atoms with E-state index in [0.717, 1.165) is 0 Å². The maximum Gasteiger partial charge on any atom is 0.254 e. The Balaban J connectivity index is 2.40. The van der Waals surface area contributed by atoms with Gasteiger partial charge in [0.1, 0.15) is 5.82 Å². The fraction of sp³-hybridized carbons (Fsp3) is 0.261. The minimum Gasteiger partial charge on any atom is -0.391 e. The molecule has 1 amide bonds. The van der Waals surface area contributed by atoms with Crippen molar-refractivity contribution in [1.82, 2.24) is 5.32 Å². The minimum absolute atomic E-state index is 0.0122. The maximum atomic E-state index is 13.6. The summed E-state index contributed by atoms with van der Waals surface area (Å²) in [6.07, 6.45) is 1.02. The van der Waals surface area contributed by atoms with Gasteiger partial charge in [-0.15, -0.1) is 0 Å². The van der Waals surface area contributed by atoms with Crippen molar-refractivity contribution in [2.75, 3.05) is 18.6 Å². The number of allylic oxidation sites excluding steroid dienone is 1. The number of aliphatic hydroxyl groups excluding tert-OH is 1. The molecule has 0 heterocycles. The van der Waals surface area contributed by atoms with Crippen LogP contribution in [0.2, 0.25) is 5.02 Å². The Kier molecular flexibility index (Phi) is 8.90. The van der Waals surface area contributed by atoms with Crippen LogP contribution in [0.5, 0.6) is 0 Å². The molecular weight excluding hydrogens is 421 g/mol. The monoisotopic (exact) mass is 445 g/mol. The van der Waals surface area contributed by atoms with E-state index >= 15 is 0 Å². The Labute approximate surface area is 186 Å². The number of anilines is 1. The summed E-state index contributed by atoms with van der Waals surface area (Å²) in [4.78, 5) is 24.1. The largest absolute Gasteiger partial charge is 0.391 e. The van der Waals surface area contributed by atoms with Crippen LogP contribution in [-0.4, -0.2) is 42.7 Å². The molecular formula is C23H25ClFN3O3. The van der Waals surface area contributed by atoms with Gasteiger partial charge < -0.3 is 10.4 Å². The minimum atomic E-state index is -0.736. The van der Waals surface area contributed by atoms with E-state index in [0.29, 0.717) is 28.3 Å². The fourth-order valence-electron chi connectivity index (χ4n) is 2.52.